The first kappa shape index (κ1) is 21.5. The highest BCUT2D eigenvalue weighted by Crippen LogP contribution is 2.26. The standard InChI is InChI=1S/C27H21BrN2O2/c1-32-25-18-16-24(17-19-25)30(27(31)21-10-6-3-7-11-21)26(20-8-4-2-5-9-20)29-23-14-12-22(28)13-15-23/h2-19H,1H3. The maximum Gasteiger partial charge on any atom is 0.264 e. The number of rotatable bonds is 5. The van der Waals surface area contributed by atoms with Gasteiger partial charge in [-0.3, -0.25) is 9.69 Å². The summed E-state index contributed by atoms with van der Waals surface area (Å²) in [5, 5.41) is 0. The second-order valence-corrected chi connectivity index (χ2v) is 7.90. The number of aliphatic imine (C=N–C) groups is 1. The van der Waals surface area contributed by atoms with Gasteiger partial charge in [-0.05, 0) is 60.7 Å². The average molecular weight is 485 g/mol. The van der Waals surface area contributed by atoms with Crippen LogP contribution in [0.5, 0.6) is 5.75 Å². The van der Waals surface area contributed by atoms with Crippen LogP contribution >= 0.6 is 15.9 Å². The zero-order chi connectivity index (χ0) is 22.3. The number of amides is 1. The van der Waals surface area contributed by atoms with E-state index in [-0.39, 0.29) is 5.91 Å². The number of anilines is 1. The highest BCUT2D eigenvalue weighted by molar-refractivity contribution is 9.10. The van der Waals surface area contributed by atoms with Gasteiger partial charge in [0.25, 0.3) is 5.91 Å². The van der Waals surface area contributed by atoms with Crippen molar-refractivity contribution in [2.24, 2.45) is 4.99 Å². The Labute approximate surface area is 195 Å². The Morgan fingerprint density at radius 1 is 0.750 bits per heavy atom. The number of ether oxygens (including phenoxy) is 1. The molecule has 5 heteroatoms. The van der Waals surface area contributed by atoms with Crippen LogP contribution in [-0.4, -0.2) is 18.9 Å². The quantitative estimate of drug-likeness (QED) is 0.228. The van der Waals surface area contributed by atoms with Crippen LogP contribution in [0.3, 0.4) is 0 Å². The highest BCUT2D eigenvalue weighted by Gasteiger charge is 2.24. The third-order valence-electron chi connectivity index (χ3n) is 4.86. The largest absolute Gasteiger partial charge is 0.497 e. The fourth-order valence-electron chi connectivity index (χ4n) is 3.25. The van der Waals surface area contributed by atoms with Gasteiger partial charge in [0.15, 0.2) is 0 Å². The normalized spacial score (nSPS) is 11.1. The molecule has 0 saturated heterocycles. The third-order valence-corrected chi connectivity index (χ3v) is 5.39. The van der Waals surface area contributed by atoms with Crippen molar-refractivity contribution in [1.82, 2.24) is 0 Å². The number of amidine groups is 1. The number of carbonyl (C=O) groups excluding carboxylic acids is 1. The molecule has 4 nitrogen and oxygen atoms in total. The van der Waals surface area contributed by atoms with Crippen molar-refractivity contribution in [3.8, 4) is 5.75 Å². The lowest BCUT2D eigenvalue weighted by molar-refractivity contribution is 0.100. The summed E-state index contributed by atoms with van der Waals surface area (Å²) in [6.45, 7) is 0. The zero-order valence-electron chi connectivity index (χ0n) is 17.5. The van der Waals surface area contributed by atoms with E-state index in [2.05, 4.69) is 15.9 Å². The molecular weight excluding hydrogens is 464 g/mol. The Kier molecular flexibility index (Phi) is 6.78. The molecule has 0 atom stereocenters. The van der Waals surface area contributed by atoms with Crippen LogP contribution in [0.15, 0.2) is 119 Å². The van der Waals surface area contributed by atoms with E-state index in [1.165, 1.54) is 0 Å². The first-order chi connectivity index (χ1) is 15.7. The lowest BCUT2D eigenvalue weighted by atomic mass is 10.1. The molecule has 0 aliphatic rings. The Bertz CT molecular complexity index is 1210. The van der Waals surface area contributed by atoms with E-state index in [9.17, 15) is 4.79 Å². The summed E-state index contributed by atoms with van der Waals surface area (Å²) in [5.74, 6) is 1.08. The Hall–Kier alpha value is -3.70. The SMILES string of the molecule is COc1ccc(N(C(=O)c2ccccc2)C(=Nc2ccc(Br)cc2)c2ccccc2)cc1. The lowest BCUT2D eigenvalue weighted by Gasteiger charge is -2.25. The summed E-state index contributed by atoms with van der Waals surface area (Å²) in [6, 6.07) is 34.0. The van der Waals surface area contributed by atoms with Crippen molar-refractivity contribution in [2.75, 3.05) is 12.0 Å². The molecule has 0 spiro atoms. The van der Waals surface area contributed by atoms with Gasteiger partial charge in [-0.2, -0.15) is 0 Å². The van der Waals surface area contributed by atoms with E-state index in [0.29, 0.717) is 22.8 Å². The number of halogens is 1. The molecule has 32 heavy (non-hydrogen) atoms. The van der Waals surface area contributed by atoms with E-state index < -0.39 is 0 Å². The second-order valence-electron chi connectivity index (χ2n) is 6.98. The van der Waals surface area contributed by atoms with Gasteiger partial charge in [-0.15, -0.1) is 0 Å². The number of hydrogen-bond donors (Lipinski definition) is 0. The number of methoxy groups -OCH3 is 1. The first-order valence-corrected chi connectivity index (χ1v) is 10.9. The molecular formula is C27H21BrN2O2. The van der Waals surface area contributed by atoms with Gasteiger partial charge in [0.05, 0.1) is 18.5 Å². The molecule has 4 aromatic rings. The summed E-state index contributed by atoms with van der Waals surface area (Å²) in [7, 11) is 1.62. The average Bonchev–Trinajstić information content (AvgIpc) is 2.86. The van der Waals surface area contributed by atoms with Crippen LogP contribution in [0.25, 0.3) is 0 Å². The molecule has 0 N–H and O–H groups in total. The van der Waals surface area contributed by atoms with Crippen LogP contribution in [0.1, 0.15) is 15.9 Å². The maximum absolute atomic E-state index is 13.8. The van der Waals surface area contributed by atoms with Crippen LogP contribution in [0, 0.1) is 0 Å². The summed E-state index contributed by atoms with van der Waals surface area (Å²) in [4.78, 5) is 20.3. The lowest BCUT2D eigenvalue weighted by Crippen LogP contribution is -2.37. The molecule has 158 valence electrons. The molecule has 0 aromatic heterocycles. The summed E-state index contributed by atoms with van der Waals surface area (Å²) >= 11 is 3.46. The minimum Gasteiger partial charge on any atom is -0.497 e. The van der Waals surface area contributed by atoms with E-state index in [0.717, 1.165) is 15.7 Å². The van der Waals surface area contributed by atoms with Gasteiger partial charge in [0, 0.05) is 15.6 Å². The van der Waals surface area contributed by atoms with Crippen LogP contribution < -0.4 is 9.64 Å². The molecule has 0 radical (unpaired) electrons. The van der Waals surface area contributed by atoms with Crippen molar-refractivity contribution in [3.05, 3.63) is 125 Å². The molecule has 4 aromatic carbocycles. The first-order valence-electron chi connectivity index (χ1n) is 10.1. The van der Waals surface area contributed by atoms with Crippen molar-refractivity contribution >= 4 is 39.0 Å². The number of carbonyl (C=O) groups is 1. The summed E-state index contributed by atoms with van der Waals surface area (Å²) in [6.07, 6.45) is 0. The molecule has 0 fully saturated rings. The molecule has 0 bridgehead atoms. The van der Waals surface area contributed by atoms with Crippen molar-refractivity contribution in [2.45, 2.75) is 0 Å². The smallest absolute Gasteiger partial charge is 0.264 e. The van der Waals surface area contributed by atoms with E-state index in [1.54, 1.807) is 24.1 Å². The van der Waals surface area contributed by atoms with Gasteiger partial charge in [-0.25, -0.2) is 4.99 Å². The van der Waals surface area contributed by atoms with Crippen LogP contribution in [0.4, 0.5) is 11.4 Å². The van der Waals surface area contributed by atoms with E-state index in [1.807, 2.05) is 97.1 Å². The van der Waals surface area contributed by atoms with Gasteiger partial charge in [-0.1, -0.05) is 64.5 Å². The monoisotopic (exact) mass is 484 g/mol. The van der Waals surface area contributed by atoms with Crippen LogP contribution in [0.2, 0.25) is 0 Å². The fourth-order valence-corrected chi connectivity index (χ4v) is 3.51. The molecule has 1 amide bonds. The third kappa shape index (κ3) is 4.95. The Balaban J connectivity index is 1.91. The molecule has 0 unspecified atom stereocenters. The van der Waals surface area contributed by atoms with E-state index >= 15 is 0 Å². The Morgan fingerprint density at radius 2 is 1.31 bits per heavy atom. The van der Waals surface area contributed by atoms with Gasteiger partial charge in [0.1, 0.15) is 11.6 Å². The van der Waals surface area contributed by atoms with E-state index in [4.69, 9.17) is 9.73 Å². The summed E-state index contributed by atoms with van der Waals surface area (Å²) < 4.78 is 6.27. The minimum atomic E-state index is -0.171. The van der Waals surface area contributed by atoms with Crippen molar-refractivity contribution in [3.63, 3.8) is 0 Å². The molecule has 0 saturated carbocycles. The molecule has 0 aliphatic carbocycles. The number of hydrogen-bond acceptors (Lipinski definition) is 3. The Morgan fingerprint density at radius 3 is 1.88 bits per heavy atom. The maximum atomic E-state index is 13.8. The van der Waals surface area contributed by atoms with Crippen molar-refractivity contribution in [1.29, 1.82) is 0 Å². The predicted molar refractivity (Wildman–Crippen MR) is 133 cm³/mol. The predicted octanol–water partition coefficient (Wildman–Crippen LogP) is 6.88. The second kappa shape index (κ2) is 10.1. The summed E-state index contributed by atoms with van der Waals surface area (Å²) in [5.41, 5.74) is 2.84. The highest BCUT2D eigenvalue weighted by atomic mass is 79.9. The molecule has 4 rings (SSSR count). The van der Waals surface area contributed by atoms with Gasteiger partial charge in [0.2, 0.25) is 0 Å². The topological polar surface area (TPSA) is 41.9 Å². The van der Waals surface area contributed by atoms with Gasteiger partial charge < -0.3 is 4.74 Å². The molecule has 0 heterocycles. The van der Waals surface area contributed by atoms with Crippen LogP contribution in [-0.2, 0) is 0 Å². The van der Waals surface area contributed by atoms with Gasteiger partial charge >= 0.3 is 0 Å². The molecule has 0 aliphatic heterocycles. The number of benzene rings is 4. The number of nitrogens with zero attached hydrogens (tertiary/aromatic N) is 2. The van der Waals surface area contributed by atoms with Crippen molar-refractivity contribution < 1.29 is 9.53 Å². The fraction of sp³-hybridized carbons (Fsp3) is 0.0370. The zero-order valence-corrected chi connectivity index (χ0v) is 19.1. The minimum absolute atomic E-state index is 0.171.